The molecule has 0 aliphatic carbocycles. The van der Waals surface area contributed by atoms with Gasteiger partial charge in [-0.05, 0) is 13.5 Å². The fourth-order valence-electron chi connectivity index (χ4n) is 2.16. The van der Waals surface area contributed by atoms with Gasteiger partial charge >= 0.3 is 0 Å². The van der Waals surface area contributed by atoms with E-state index < -0.39 is 18.1 Å². The molecular formula is C11H21N3O3. The molecule has 98 valence electrons. The van der Waals surface area contributed by atoms with Crippen LogP contribution in [-0.4, -0.2) is 53.1 Å². The van der Waals surface area contributed by atoms with Gasteiger partial charge in [-0.15, -0.1) is 0 Å². The lowest BCUT2D eigenvalue weighted by atomic mass is 10.1. The van der Waals surface area contributed by atoms with Crippen molar-refractivity contribution in [2.45, 2.75) is 44.9 Å². The van der Waals surface area contributed by atoms with E-state index in [1.54, 1.807) is 0 Å². The Balaban J connectivity index is 2.58. The zero-order valence-electron chi connectivity index (χ0n) is 10.3. The Labute approximate surface area is 101 Å². The minimum atomic E-state index is -0.661. The van der Waals surface area contributed by atoms with Crippen LogP contribution in [0.15, 0.2) is 0 Å². The first-order valence-corrected chi connectivity index (χ1v) is 5.96. The fraction of sp³-hybridized carbons (Fsp3) is 0.818. The first-order valence-electron chi connectivity index (χ1n) is 5.96. The first kappa shape index (κ1) is 13.9. The Morgan fingerprint density at radius 2 is 2.24 bits per heavy atom. The number of nitrogens with two attached hydrogens (primary N) is 1. The Kier molecular flexibility index (Phi) is 4.89. The van der Waals surface area contributed by atoms with Crippen LogP contribution in [0, 0.1) is 0 Å². The zero-order valence-corrected chi connectivity index (χ0v) is 10.3. The van der Waals surface area contributed by atoms with Gasteiger partial charge in [0.15, 0.2) is 0 Å². The summed E-state index contributed by atoms with van der Waals surface area (Å²) in [4.78, 5) is 24.5. The molecule has 1 aliphatic rings. The number of aliphatic hydroxyl groups is 1. The number of primary amides is 1. The van der Waals surface area contributed by atoms with Crippen LogP contribution in [0.3, 0.4) is 0 Å². The monoisotopic (exact) mass is 243 g/mol. The predicted molar refractivity (Wildman–Crippen MR) is 63.1 cm³/mol. The molecule has 1 fully saturated rings. The topological polar surface area (TPSA) is 95.7 Å². The molecule has 0 radical (unpaired) electrons. The summed E-state index contributed by atoms with van der Waals surface area (Å²) in [7, 11) is 0. The van der Waals surface area contributed by atoms with Gasteiger partial charge < -0.3 is 21.1 Å². The molecule has 6 nitrogen and oxygen atoms in total. The van der Waals surface area contributed by atoms with Crippen molar-refractivity contribution in [3.63, 3.8) is 0 Å². The van der Waals surface area contributed by atoms with Crippen molar-refractivity contribution >= 4 is 11.8 Å². The molecule has 0 spiro atoms. The number of hydrogen-bond donors (Lipinski definition) is 3. The third kappa shape index (κ3) is 3.67. The third-order valence-electron chi connectivity index (χ3n) is 2.96. The van der Waals surface area contributed by atoms with E-state index in [0.717, 1.165) is 6.54 Å². The second kappa shape index (κ2) is 5.97. The predicted octanol–water partition coefficient (Wildman–Crippen LogP) is -1.18. The fourth-order valence-corrected chi connectivity index (χ4v) is 2.16. The quantitative estimate of drug-likeness (QED) is 0.566. The van der Waals surface area contributed by atoms with Crippen LogP contribution < -0.4 is 11.1 Å². The lowest BCUT2D eigenvalue weighted by molar-refractivity contribution is -0.137. The summed E-state index contributed by atoms with van der Waals surface area (Å²) in [6.45, 7) is 4.86. The summed E-state index contributed by atoms with van der Waals surface area (Å²) >= 11 is 0. The number of amides is 2. The number of hydrogen-bond acceptors (Lipinski definition) is 4. The minimum Gasteiger partial charge on any atom is -0.391 e. The van der Waals surface area contributed by atoms with Gasteiger partial charge in [-0.1, -0.05) is 6.92 Å². The molecule has 6 heteroatoms. The molecule has 17 heavy (non-hydrogen) atoms. The van der Waals surface area contributed by atoms with Crippen LogP contribution in [0.1, 0.15) is 26.7 Å². The summed E-state index contributed by atoms with van der Waals surface area (Å²) in [5, 5.41) is 12.6. The molecule has 0 saturated carbocycles. The number of rotatable bonds is 5. The molecule has 0 aromatic rings. The van der Waals surface area contributed by atoms with E-state index in [1.165, 1.54) is 4.90 Å². The molecule has 0 aromatic heterocycles. The van der Waals surface area contributed by atoms with Crippen molar-refractivity contribution in [3.05, 3.63) is 0 Å². The molecule has 1 rings (SSSR count). The van der Waals surface area contributed by atoms with E-state index in [2.05, 4.69) is 5.32 Å². The van der Waals surface area contributed by atoms with E-state index in [-0.39, 0.29) is 24.9 Å². The number of nitrogens with one attached hydrogen (secondary N) is 1. The van der Waals surface area contributed by atoms with E-state index in [9.17, 15) is 14.7 Å². The van der Waals surface area contributed by atoms with Crippen molar-refractivity contribution in [2.24, 2.45) is 5.73 Å². The first-order chi connectivity index (χ1) is 7.95. The molecule has 3 unspecified atom stereocenters. The maximum Gasteiger partial charge on any atom is 0.240 e. The van der Waals surface area contributed by atoms with Gasteiger partial charge in [0.2, 0.25) is 11.8 Å². The summed E-state index contributed by atoms with van der Waals surface area (Å²) in [6.07, 6.45) is -0.0908. The molecule has 0 bridgehead atoms. The van der Waals surface area contributed by atoms with Crippen LogP contribution in [0.4, 0.5) is 0 Å². The molecule has 1 heterocycles. The van der Waals surface area contributed by atoms with Crippen LogP contribution >= 0.6 is 0 Å². The SMILES string of the molecule is CCNC(C)CC(=O)N1CC(O)CC1C(N)=O. The van der Waals surface area contributed by atoms with Gasteiger partial charge in [-0.25, -0.2) is 0 Å². The second-order valence-corrected chi connectivity index (χ2v) is 4.52. The summed E-state index contributed by atoms with van der Waals surface area (Å²) in [5.74, 6) is -0.690. The van der Waals surface area contributed by atoms with Gasteiger partial charge in [0.1, 0.15) is 6.04 Å². The van der Waals surface area contributed by atoms with Crippen LogP contribution in [0.5, 0.6) is 0 Å². The molecule has 4 N–H and O–H groups in total. The summed E-state index contributed by atoms with van der Waals surface area (Å²) < 4.78 is 0. The number of aliphatic hydroxyl groups excluding tert-OH is 1. The largest absolute Gasteiger partial charge is 0.391 e. The van der Waals surface area contributed by atoms with Crippen molar-refractivity contribution < 1.29 is 14.7 Å². The van der Waals surface area contributed by atoms with Gasteiger partial charge in [0.05, 0.1) is 6.10 Å². The Morgan fingerprint density at radius 1 is 1.59 bits per heavy atom. The van der Waals surface area contributed by atoms with Crippen molar-refractivity contribution in [1.82, 2.24) is 10.2 Å². The maximum absolute atomic E-state index is 12.0. The highest BCUT2D eigenvalue weighted by Crippen LogP contribution is 2.19. The Hall–Kier alpha value is -1.14. The lowest BCUT2D eigenvalue weighted by Gasteiger charge is -2.23. The average molecular weight is 243 g/mol. The van der Waals surface area contributed by atoms with Crippen LogP contribution in [0.25, 0.3) is 0 Å². The Morgan fingerprint density at radius 3 is 2.76 bits per heavy atom. The minimum absolute atomic E-state index is 0.0544. The summed E-state index contributed by atoms with van der Waals surface area (Å²) in [6, 6.07) is -0.606. The van der Waals surface area contributed by atoms with Gasteiger partial charge in [-0.3, -0.25) is 9.59 Å². The number of β-amino-alcohol motifs (C(OH)–C–C–N with tert-alkyl or cyclic N) is 1. The lowest BCUT2D eigenvalue weighted by Crippen LogP contribution is -2.45. The maximum atomic E-state index is 12.0. The molecule has 3 atom stereocenters. The van der Waals surface area contributed by atoms with E-state index in [0.29, 0.717) is 6.42 Å². The van der Waals surface area contributed by atoms with Crippen molar-refractivity contribution in [3.8, 4) is 0 Å². The molecule has 1 aliphatic heterocycles. The number of carbonyl (C=O) groups is 2. The standard InChI is InChI=1S/C11H21N3O3/c1-3-13-7(2)4-10(16)14-6-8(15)5-9(14)11(12)17/h7-9,13,15H,3-6H2,1-2H3,(H2,12,17). The molecule has 0 aromatic carbocycles. The average Bonchev–Trinajstić information content (AvgIpc) is 2.60. The Bertz CT molecular complexity index is 296. The highest BCUT2D eigenvalue weighted by molar-refractivity contribution is 5.87. The summed E-state index contributed by atoms with van der Waals surface area (Å²) in [5.41, 5.74) is 5.22. The number of carbonyl (C=O) groups excluding carboxylic acids is 2. The van der Waals surface area contributed by atoms with Crippen LogP contribution in [-0.2, 0) is 9.59 Å². The van der Waals surface area contributed by atoms with E-state index >= 15 is 0 Å². The van der Waals surface area contributed by atoms with Gasteiger partial charge in [0, 0.05) is 25.4 Å². The number of likely N-dealkylation sites (tertiary alicyclic amines) is 1. The smallest absolute Gasteiger partial charge is 0.240 e. The van der Waals surface area contributed by atoms with E-state index in [1.807, 2.05) is 13.8 Å². The normalized spacial score (nSPS) is 25.9. The van der Waals surface area contributed by atoms with Gasteiger partial charge in [-0.2, -0.15) is 0 Å². The zero-order chi connectivity index (χ0) is 13.0. The van der Waals surface area contributed by atoms with E-state index in [4.69, 9.17) is 5.73 Å². The highest BCUT2D eigenvalue weighted by Gasteiger charge is 2.37. The van der Waals surface area contributed by atoms with Crippen LogP contribution in [0.2, 0.25) is 0 Å². The van der Waals surface area contributed by atoms with Crippen molar-refractivity contribution in [1.29, 1.82) is 0 Å². The number of nitrogens with zero attached hydrogens (tertiary/aromatic N) is 1. The third-order valence-corrected chi connectivity index (χ3v) is 2.96. The second-order valence-electron chi connectivity index (χ2n) is 4.52. The highest BCUT2D eigenvalue weighted by atomic mass is 16.3. The van der Waals surface area contributed by atoms with Gasteiger partial charge in [0.25, 0.3) is 0 Å². The van der Waals surface area contributed by atoms with Crippen molar-refractivity contribution in [2.75, 3.05) is 13.1 Å². The molecule has 1 saturated heterocycles. The molecular weight excluding hydrogens is 222 g/mol. The molecule has 2 amide bonds.